The lowest BCUT2D eigenvalue weighted by Gasteiger charge is -2.42. The Hall–Kier alpha value is -3.13. The van der Waals surface area contributed by atoms with Crippen molar-refractivity contribution >= 4 is 0 Å². The number of fused-ring (bicyclic) bond motifs is 2. The third-order valence-electron chi connectivity index (χ3n) is 5.86. The summed E-state index contributed by atoms with van der Waals surface area (Å²) in [7, 11) is 6.08. The second-order valence-corrected chi connectivity index (χ2v) is 8.16. The normalized spacial score (nSPS) is 19.1. The summed E-state index contributed by atoms with van der Waals surface area (Å²) >= 11 is 0. The highest BCUT2D eigenvalue weighted by atomic mass is 16.7. The van der Waals surface area contributed by atoms with Crippen LogP contribution in [0, 0.1) is 6.92 Å². The lowest BCUT2D eigenvalue weighted by Crippen LogP contribution is -2.49. The Morgan fingerprint density at radius 2 is 2.07 bits per heavy atom. The van der Waals surface area contributed by atoms with Gasteiger partial charge >= 0.3 is 0 Å². The van der Waals surface area contributed by atoms with E-state index < -0.39 is 0 Å². The quantitative estimate of drug-likeness (QED) is 0.636. The van der Waals surface area contributed by atoms with Crippen LogP contribution in [0.15, 0.2) is 30.3 Å². The van der Waals surface area contributed by atoms with Crippen LogP contribution in [-0.2, 0) is 6.42 Å². The first-order chi connectivity index (χ1) is 14.0. The second kappa shape index (κ2) is 6.45. The van der Waals surface area contributed by atoms with E-state index in [4.69, 9.17) is 14.2 Å². The molecule has 29 heavy (non-hydrogen) atoms. The minimum absolute atomic E-state index is 0.112. The lowest BCUT2D eigenvalue weighted by atomic mass is 9.88. The third kappa shape index (κ3) is 2.74. The maximum Gasteiger partial charge on any atom is 0.231 e. The van der Waals surface area contributed by atoms with Crippen molar-refractivity contribution in [3.05, 3.63) is 52.8 Å². The van der Waals surface area contributed by atoms with Crippen LogP contribution >= 0.6 is 0 Å². The number of benzene rings is 2. The van der Waals surface area contributed by atoms with Crippen LogP contribution in [0.4, 0.5) is 0 Å². The summed E-state index contributed by atoms with van der Waals surface area (Å²) in [6.07, 6.45) is 0.915. The highest BCUT2D eigenvalue weighted by Crippen LogP contribution is 2.51. The molecular formula is C21H24N5O3+. The molecule has 3 aromatic rings. The Balaban J connectivity index is 1.74. The zero-order valence-corrected chi connectivity index (χ0v) is 17.0. The SMILES string of the molecule is COc1c2c(cc3c1C(c1nnnn1-c1cccc(C)c1)[N+](C)(C)CC3)OCO2. The first-order valence-electron chi connectivity index (χ1n) is 9.67. The van der Waals surface area contributed by atoms with Crippen LogP contribution in [0.1, 0.15) is 28.6 Å². The zero-order valence-electron chi connectivity index (χ0n) is 17.0. The van der Waals surface area contributed by atoms with Gasteiger partial charge in [-0.05, 0) is 46.7 Å². The molecule has 0 amide bonds. The first kappa shape index (κ1) is 17.9. The van der Waals surface area contributed by atoms with Crippen LogP contribution < -0.4 is 14.2 Å². The van der Waals surface area contributed by atoms with Crippen molar-refractivity contribution < 1.29 is 18.7 Å². The van der Waals surface area contributed by atoms with Gasteiger partial charge in [-0.15, -0.1) is 5.10 Å². The van der Waals surface area contributed by atoms with E-state index in [2.05, 4.69) is 54.7 Å². The fourth-order valence-corrected chi connectivity index (χ4v) is 4.42. The number of hydrogen-bond acceptors (Lipinski definition) is 6. The number of aromatic nitrogens is 4. The Morgan fingerprint density at radius 3 is 2.86 bits per heavy atom. The fraction of sp³-hybridized carbons (Fsp3) is 0.381. The number of nitrogens with zero attached hydrogens (tertiary/aromatic N) is 5. The summed E-state index contributed by atoms with van der Waals surface area (Å²) in [6, 6.07) is 10.1. The number of methoxy groups -OCH3 is 1. The maximum absolute atomic E-state index is 5.85. The van der Waals surface area contributed by atoms with E-state index in [0.717, 1.165) is 41.4 Å². The average Bonchev–Trinajstić information content (AvgIpc) is 3.35. The van der Waals surface area contributed by atoms with Crippen molar-refractivity contribution in [1.82, 2.24) is 20.2 Å². The van der Waals surface area contributed by atoms with E-state index in [0.29, 0.717) is 16.0 Å². The number of rotatable bonds is 3. The Kier molecular flexibility index (Phi) is 3.99. The summed E-state index contributed by atoms with van der Waals surface area (Å²) in [6.45, 7) is 3.22. The van der Waals surface area contributed by atoms with Gasteiger partial charge in [0.2, 0.25) is 18.4 Å². The van der Waals surface area contributed by atoms with Gasteiger partial charge < -0.3 is 18.7 Å². The van der Waals surface area contributed by atoms with Gasteiger partial charge in [0.05, 0.1) is 39.0 Å². The number of likely N-dealkylation sites (N-methyl/N-ethyl adjacent to an activating group) is 1. The van der Waals surface area contributed by atoms with Gasteiger partial charge in [0.1, 0.15) is 0 Å². The first-order valence-corrected chi connectivity index (χ1v) is 9.67. The van der Waals surface area contributed by atoms with Crippen LogP contribution in [0.25, 0.3) is 5.69 Å². The third-order valence-corrected chi connectivity index (χ3v) is 5.86. The molecule has 0 saturated carbocycles. The molecule has 1 aromatic heterocycles. The monoisotopic (exact) mass is 394 g/mol. The van der Waals surface area contributed by atoms with Gasteiger partial charge in [0.25, 0.3) is 0 Å². The van der Waals surface area contributed by atoms with Gasteiger partial charge in [-0.25, -0.2) is 0 Å². The van der Waals surface area contributed by atoms with Gasteiger partial charge in [-0.2, -0.15) is 4.68 Å². The molecule has 150 valence electrons. The van der Waals surface area contributed by atoms with E-state index in [1.807, 2.05) is 16.8 Å². The molecule has 2 aliphatic heterocycles. The second-order valence-electron chi connectivity index (χ2n) is 8.16. The molecule has 2 aromatic carbocycles. The van der Waals surface area contributed by atoms with Crippen molar-refractivity contribution in [2.45, 2.75) is 19.4 Å². The Labute approximate surface area is 169 Å². The molecule has 1 atom stereocenters. The van der Waals surface area contributed by atoms with Crippen LogP contribution in [0.5, 0.6) is 17.2 Å². The minimum Gasteiger partial charge on any atom is -0.492 e. The molecule has 8 nitrogen and oxygen atoms in total. The summed E-state index contributed by atoms with van der Waals surface area (Å²) in [5.74, 6) is 2.89. The molecular weight excluding hydrogens is 370 g/mol. The van der Waals surface area contributed by atoms with Crippen molar-refractivity contribution in [2.24, 2.45) is 0 Å². The predicted octanol–water partition coefficient (Wildman–Crippen LogP) is 2.43. The van der Waals surface area contributed by atoms with Crippen LogP contribution in [0.2, 0.25) is 0 Å². The van der Waals surface area contributed by atoms with E-state index in [-0.39, 0.29) is 12.8 Å². The molecule has 2 aliphatic rings. The highest BCUT2D eigenvalue weighted by molar-refractivity contribution is 5.62. The maximum atomic E-state index is 5.85. The smallest absolute Gasteiger partial charge is 0.231 e. The number of aryl methyl sites for hydroxylation is 1. The Bertz CT molecular complexity index is 1090. The highest BCUT2D eigenvalue weighted by Gasteiger charge is 2.45. The standard InChI is InChI=1S/C21H24N5O3/c1-13-6-5-7-15(10-13)25-21(22-23-24-25)18-17-14(8-9-26(18,2)3)11-16-19(20(17)27-4)29-12-28-16/h5-7,10-11,18H,8-9,12H2,1-4H3/q+1. The van der Waals surface area contributed by atoms with E-state index in [1.54, 1.807) is 7.11 Å². The molecule has 8 heteroatoms. The van der Waals surface area contributed by atoms with E-state index in [1.165, 1.54) is 5.56 Å². The number of hydrogen-bond donors (Lipinski definition) is 0. The summed E-state index contributed by atoms with van der Waals surface area (Å²) in [5.41, 5.74) is 4.35. The van der Waals surface area contributed by atoms with Gasteiger partial charge in [-0.3, -0.25) is 0 Å². The number of ether oxygens (including phenoxy) is 3. The van der Waals surface area contributed by atoms with Crippen molar-refractivity contribution in [1.29, 1.82) is 0 Å². The molecule has 0 spiro atoms. The van der Waals surface area contributed by atoms with Crippen LogP contribution in [-0.4, -0.2) is 59.2 Å². The molecule has 0 N–H and O–H groups in total. The summed E-state index contributed by atoms with van der Waals surface area (Å²) in [4.78, 5) is 0. The lowest BCUT2D eigenvalue weighted by molar-refractivity contribution is -0.917. The molecule has 0 fully saturated rings. The van der Waals surface area contributed by atoms with E-state index in [9.17, 15) is 0 Å². The molecule has 1 unspecified atom stereocenters. The molecule has 0 radical (unpaired) electrons. The summed E-state index contributed by atoms with van der Waals surface area (Å²) in [5, 5.41) is 12.8. The predicted molar refractivity (Wildman–Crippen MR) is 106 cm³/mol. The van der Waals surface area contributed by atoms with Crippen molar-refractivity contribution in [2.75, 3.05) is 34.5 Å². The Morgan fingerprint density at radius 1 is 1.21 bits per heavy atom. The molecule has 0 aliphatic carbocycles. The van der Waals surface area contributed by atoms with Crippen LogP contribution in [0.3, 0.4) is 0 Å². The van der Waals surface area contributed by atoms with Gasteiger partial charge in [-0.1, -0.05) is 12.1 Å². The van der Waals surface area contributed by atoms with E-state index >= 15 is 0 Å². The van der Waals surface area contributed by atoms with Crippen molar-refractivity contribution in [3.8, 4) is 22.9 Å². The molecule has 5 rings (SSSR count). The minimum atomic E-state index is -0.112. The fourth-order valence-electron chi connectivity index (χ4n) is 4.42. The average molecular weight is 394 g/mol. The topological polar surface area (TPSA) is 71.3 Å². The van der Waals surface area contributed by atoms with Crippen molar-refractivity contribution in [3.63, 3.8) is 0 Å². The number of quaternary nitrogens is 1. The molecule has 0 bridgehead atoms. The molecule has 3 heterocycles. The molecule has 0 saturated heterocycles. The largest absolute Gasteiger partial charge is 0.492 e. The summed E-state index contributed by atoms with van der Waals surface area (Å²) < 4.78 is 19.8. The van der Waals surface area contributed by atoms with Gasteiger partial charge in [0, 0.05) is 6.42 Å². The zero-order chi connectivity index (χ0) is 20.2. The number of tetrazole rings is 1. The van der Waals surface area contributed by atoms with Gasteiger partial charge in [0.15, 0.2) is 17.5 Å².